The highest BCUT2D eigenvalue weighted by Crippen LogP contribution is 2.42. The van der Waals surface area contributed by atoms with Crippen LogP contribution in [0.25, 0.3) is 0 Å². The van der Waals surface area contributed by atoms with Gasteiger partial charge in [-0.15, -0.1) is 0 Å². The molecule has 0 aliphatic carbocycles. The SMILES string of the molecule is N.N.N.N.N.N.N.O=P(O)(O)CN(CCN(CCN(CP(=O)(O)O)CP(=O)(O)O)CP(=O)(O)O)CCN(CP(=O)(O)O)CP(=O)(O)O. The van der Waals surface area contributed by atoms with Crippen molar-refractivity contribution in [2.75, 3.05) is 77.0 Å². The zero-order valence-corrected chi connectivity index (χ0v) is 31.1. The van der Waals surface area contributed by atoms with Crippen LogP contribution in [0.15, 0.2) is 0 Å². The van der Waals surface area contributed by atoms with Crippen LogP contribution < -0.4 is 43.1 Å². The summed E-state index contributed by atoms with van der Waals surface area (Å²) in [5.41, 5.74) is 0. The van der Waals surface area contributed by atoms with Gasteiger partial charge in [0, 0.05) is 39.3 Å². The van der Waals surface area contributed by atoms with Gasteiger partial charge in [0.25, 0.3) is 0 Å². The third-order valence-electron chi connectivity index (χ3n) is 4.50. The van der Waals surface area contributed by atoms with E-state index >= 15 is 0 Å². The Hall–Kier alpha value is 0.460. The summed E-state index contributed by atoms with van der Waals surface area (Å²) >= 11 is 0. The molecule has 0 aromatic rings. The van der Waals surface area contributed by atoms with Gasteiger partial charge in [0.2, 0.25) is 0 Å². The molecule has 0 saturated carbocycles. The Balaban J connectivity index is -0.000000362. The minimum atomic E-state index is -4.81. The summed E-state index contributed by atoms with van der Waals surface area (Å²) in [5, 5.41) is 0. The molecule has 0 atom stereocenters. The summed E-state index contributed by atoms with van der Waals surface area (Å²) < 4.78 is 68.5. The van der Waals surface area contributed by atoms with E-state index in [9.17, 15) is 47.0 Å². The van der Waals surface area contributed by atoms with Crippen LogP contribution in [0.3, 0.4) is 0 Å². The smallest absolute Gasteiger partial charge is 0.339 e. The van der Waals surface area contributed by atoms with Gasteiger partial charge in [-0.3, -0.25) is 47.0 Å². The van der Waals surface area contributed by atoms with Crippen molar-refractivity contribution in [3.8, 4) is 0 Å². The van der Waals surface area contributed by atoms with Crippen LogP contribution in [-0.2, 0) is 27.4 Å². The molecule has 0 bridgehead atoms. The Labute approximate surface area is 271 Å². The van der Waals surface area contributed by atoms with Crippen LogP contribution in [0.4, 0.5) is 0 Å². The maximum atomic E-state index is 11.6. The highest BCUT2D eigenvalue weighted by Gasteiger charge is 2.29. The van der Waals surface area contributed by atoms with Crippen LogP contribution in [0.2, 0.25) is 0 Å². The van der Waals surface area contributed by atoms with Crippen molar-refractivity contribution in [3.05, 3.63) is 0 Å². The molecule has 0 rings (SSSR count). The van der Waals surface area contributed by atoms with Crippen LogP contribution >= 0.6 is 45.6 Å². The molecule has 298 valence electrons. The summed E-state index contributed by atoms with van der Waals surface area (Å²) in [6.45, 7) is -2.65. The normalized spacial score (nSPS) is 12.5. The first kappa shape index (κ1) is 65.8. The Kier molecular flexibility index (Phi) is 36.8. The van der Waals surface area contributed by atoms with E-state index in [1.54, 1.807) is 0 Å². The lowest BCUT2D eigenvalue weighted by Crippen LogP contribution is -2.43. The molecule has 0 saturated heterocycles. The molecule has 0 radical (unpaired) electrons. The second-order valence-corrected chi connectivity index (χ2v) is 18.5. The first-order valence-corrected chi connectivity index (χ1v) is 21.5. The van der Waals surface area contributed by atoms with Gasteiger partial charge in [-0.25, -0.2) is 0 Å². The van der Waals surface area contributed by atoms with E-state index in [0.29, 0.717) is 9.80 Å². The predicted octanol–water partition coefficient (Wildman–Crippen LogP) is -1.86. The van der Waals surface area contributed by atoms with Gasteiger partial charge >= 0.3 is 45.6 Å². The van der Waals surface area contributed by atoms with Crippen molar-refractivity contribution in [3.63, 3.8) is 0 Å². The average Bonchev–Trinajstić information content (AvgIpc) is 2.60. The van der Waals surface area contributed by atoms with Gasteiger partial charge in [-0.05, 0) is 0 Å². The molecule has 0 aliphatic heterocycles. The van der Waals surface area contributed by atoms with Gasteiger partial charge in [0.05, 0.1) is 0 Å². The van der Waals surface area contributed by atoms with Gasteiger partial charge in [0.1, 0.15) is 37.7 Å². The maximum Gasteiger partial charge on any atom is 0.339 e. The average molecular weight is 829 g/mol. The van der Waals surface area contributed by atoms with Crippen LogP contribution in [0.1, 0.15) is 0 Å². The Morgan fingerprint density at radius 1 is 0.255 bits per heavy atom. The molecule has 0 amide bonds. The fourth-order valence-electron chi connectivity index (χ4n) is 3.29. The molecule has 47 heavy (non-hydrogen) atoms. The Bertz CT molecular complexity index is 959. The highest BCUT2D eigenvalue weighted by atomic mass is 31.2. The fourth-order valence-corrected chi connectivity index (χ4v) is 8.26. The minimum Gasteiger partial charge on any atom is -0.344 e. The molecule has 0 fully saturated rings. The molecule has 0 aromatic heterocycles. The monoisotopic (exact) mass is 829 g/mol. The molecule has 33 N–H and O–H groups in total. The van der Waals surface area contributed by atoms with Gasteiger partial charge in [-0.2, -0.15) is 0 Å². The quantitative estimate of drug-likeness (QED) is 0.0564. The van der Waals surface area contributed by atoms with E-state index in [1.807, 2.05) is 0 Å². The summed E-state index contributed by atoms with van der Waals surface area (Å²) in [6.07, 6.45) is -6.33. The summed E-state index contributed by atoms with van der Waals surface area (Å²) in [5.74, 6) is 0. The molecule has 0 aromatic carbocycles. The van der Waals surface area contributed by atoms with Crippen molar-refractivity contribution >= 4 is 45.6 Å². The van der Waals surface area contributed by atoms with E-state index in [4.69, 9.17) is 39.1 Å². The lowest BCUT2D eigenvalue weighted by Gasteiger charge is -2.31. The minimum absolute atomic E-state index is 0. The Morgan fingerprint density at radius 2 is 0.362 bits per heavy atom. The second-order valence-electron chi connectivity index (χ2n) is 8.86. The standard InChI is InChI=1S/C12H36N4O18P6.7H3N/c17-35(18,19)7-13(3-5-15(9-37(23,24)25)10-38(26,27)28)1-2-14(8-36(20,21)22)4-6-16(11-39(29,30)31)12-40(32,33)34;;;;;;;/h1-12H2,(H2,17,18,19)(H2,20,21,22)(H2,23,24,25)(H2,26,27,28)(H2,29,30,31)(H2,32,33,34);7*1H3. The molecule has 0 spiro atoms. The highest BCUT2D eigenvalue weighted by molar-refractivity contribution is 7.53. The second kappa shape index (κ2) is 26.3. The third-order valence-corrected chi connectivity index (χ3v) is 9.11. The number of hydrogen-bond acceptors (Lipinski definition) is 17. The number of rotatable bonds is 21. The van der Waals surface area contributed by atoms with E-state index in [2.05, 4.69) is 0 Å². The number of nitrogens with zero attached hydrogens (tertiary/aromatic N) is 4. The van der Waals surface area contributed by atoms with Crippen LogP contribution in [0, 0.1) is 0 Å². The maximum absolute atomic E-state index is 11.6. The molecular weight excluding hydrogens is 772 g/mol. The van der Waals surface area contributed by atoms with Crippen molar-refractivity contribution in [2.24, 2.45) is 0 Å². The predicted molar refractivity (Wildman–Crippen MR) is 173 cm³/mol. The van der Waals surface area contributed by atoms with Crippen molar-refractivity contribution < 1.29 is 86.1 Å². The molecule has 0 aliphatic rings. The van der Waals surface area contributed by atoms with Crippen molar-refractivity contribution in [2.45, 2.75) is 0 Å². The largest absolute Gasteiger partial charge is 0.344 e. The third kappa shape index (κ3) is 44.4. The molecule has 0 unspecified atom stereocenters. The molecule has 35 heteroatoms. The van der Waals surface area contributed by atoms with Gasteiger partial charge < -0.3 is 102 Å². The van der Waals surface area contributed by atoms with Crippen LogP contribution in [-0.4, -0.2) is 155 Å². The van der Waals surface area contributed by atoms with Gasteiger partial charge in [-0.1, -0.05) is 0 Å². The first-order chi connectivity index (χ1) is 17.5. The zero-order chi connectivity index (χ0) is 31.8. The summed E-state index contributed by atoms with van der Waals surface area (Å²) in [7, 11) is -28.8. The Morgan fingerprint density at radius 3 is 0.489 bits per heavy atom. The summed E-state index contributed by atoms with van der Waals surface area (Å²) in [4.78, 5) is 114. The first-order valence-electron chi connectivity index (χ1n) is 10.7. The van der Waals surface area contributed by atoms with Crippen molar-refractivity contribution in [1.29, 1.82) is 0 Å². The van der Waals surface area contributed by atoms with Crippen molar-refractivity contribution in [1.82, 2.24) is 62.7 Å². The molecule has 0 heterocycles. The van der Waals surface area contributed by atoms with Crippen LogP contribution in [0.5, 0.6) is 0 Å². The molecule has 29 nitrogen and oxygen atoms in total. The van der Waals surface area contributed by atoms with E-state index in [0.717, 1.165) is 9.80 Å². The lowest BCUT2D eigenvalue weighted by atomic mass is 10.4. The van der Waals surface area contributed by atoms with E-state index < -0.39 is 109 Å². The van der Waals surface area contributed by atoms with E-state index in [-0.39, 0.29) is 56.1 Å². The fraction of sp³-hybridized carbons (Fsp3) is 1.00. The summed E-state index contributed by atoms with van der Waals surface area (Å²) in [6, 6.07) is 0. The lowest BCUT2D eigenvalue weighted by molar-refractivity contribution is 0.181. The topological polar surface area (TPSA) is 603 Å². The zero-order valence-electron chi connectivity index (χ0n) is 25.7. The number of hydrogen-bond donors (Lipinski definition) is 19. The van der Waals surface area contributed by atoms with E-state index in [1.165, 1.54) is 0 Å². The molecular formula is C12H57N11O18P6. The van der Waals surface area contributed by atoms with Gasteiger partial charge in [0.15, 0.2) is 0 Å².